The van der Waals surface area contributed by atoms with Crippen LogP contribution in [0, 0.1) is 5.92 Å². The lowest BCUT2D eigenvalue weighted by atomic mass is 9.99. The van der Waals surface area contributed by atoms with Gasteiger partial charge >= 0.3 is 12.1 Å². The van der Waals surface area contributed by atoms with Gasteiger partial charge in [-0.25, -0.2) is 9.59 Å². The third kappa shape index (κ3) is 3.51. The number of rotatable bonds is 2. The summed E-state index contributed by atoms with van der Waals surface area (Å²) in [5, 5.41) is 9.47. The molecule has 7 heteroatoms. The first kappa shape index (κ1) is 16.6. The van der Waals surface area contributed by atoms with E-state index in [2.05, 4.69) is 0 Å². The van der Waals surface area contributed by atoms with Gasteiger partial charge in [-0.3, -0.25) is 9.69 Å². The van der Waals surface area contributed by atoms with Crippen LogP contribution in [0.3, 0.4) is 0 Å². The molecule has 7 nitrogen and oxygen atoms in total. The Balaban J connectivity index is 2.12. The highest BCUT2D eigenvalue weighted by Crippen LogP contribution is 2.29. The van der Waals surface area contributed by atoms with E-state index < -0.39 is 29.6 Å². The van der Waals surface area contributed by atoms with E-state index in [1.165, 1.54) is 4.90 Å². The average molecular weight is 312 g/mol. The number of likely N-dealkylation sites (tertiary alicyclic amines) is 2. The minimum absolute atomic E-state index is 0.157. The molecule has 0 bridgehead atoms. The Labute approximate surface area is 130 Å². The number of aliphatic carboxylic acids is 1. The first-order valence-electron chi connectivity index (χ1n) is 7.72. The zero-order valence-electron chi connectivity index (χ0n) is 13.4. The van der Waals surface area contributed by atoms with Gasteiger partial charge in [-0.1, -0.05) is 0 Å². The highest BCUT2D eigenvalue weighted by molar-refractivity contribution is 5.90. The second kappa shape index (κ2) is 6.14. The van der Waals surface area contributed by atoms with Crippen LogP contribution in [0.1, 0.15) is 40.0 Å². The van der Waals surface area contributed by atoms with Crippen molar-refractivity contribution in [2.24, 2.45) is 5.92 Å². The Hall–Kier alpha value is -1.79. The van der Waals surface area contributed by atoms with Crippen molar-refractivity contribution in [2.75, 3.05) is 19.6 Å². The number of amides is 2. The van der Waals surface area contributed by atoms with Gasteiger partial charge in [0.25, 0.3) is 0 Å². The van der Waals surface area contributed by atoms with Crippen LogP contribution in [0.4, 0.5) is 4.79 Å². The van der Waals surface area contributed by atoms with E-state index in [4.69, 9.17) is 4.74 Å². The summed E-state index contributed by atoms with van der Waals surface area (Å²) < 4.78 is 5.25. The molecule has 2 fully saturated rings. The van der Waals surface area contributed by atoms with Gasteiger partial charge in [0, 0.05) is 19.6 Å². The topological polar surface area (TPSA) is 87.2 Å². The summed E-state index contributed by atoms with van der Waals surface area (Å²) in [5.41, 5.74) is -0.697. The number of carboxylic acid groups (broad SMARTS) is 1. The molecule has 0 radical (unpaired) electrons. The fraction of sp³-hybridized carbons (Fsp3) is 0.800. The Morgan fingerprint density at radius 3 is 2.18 bits per heavy atom. The summed E-state index contributed by atoms with van der Waals surface area (Å²) in [6, 6.07) is -1.14. The molecule has 0 aromatic heterocycles. The second-order valence-corrected chi connectivity index (χ2v) is 6.88. The van der Waals surface area contributed by atoms with Crippen molar-refractivity contribution >= 4 is 18.0 Å². The van der Waals surface area contributed by atoms with Crippen molar-refractivity contribution in [3.05, 3.63) is 0 Å². The van der Waals surface area contributed by atoms with Gasteiger partial charge in [-0.15, -0.1) is 0 Å². The smallest absolute Gasteiger partial charge is 0.411 e. The minimum Gasteiger partial charge on any atom is -0.480 e. The molecule has 2 atom stereocenters. The van der Waals surface area contributed by atoms with E-state index in [1.807, 2.05) is 0 Å². The van der Waals surface area contributed by atoms with Gasteiger partial charge in [0.05, 0.1) is 5.92 Å². The lowest BCUT2D eigenvalue weighted by Crippen LogP contribution is -2.49. The van der Waals surface area contributed by atoms with Gasteiger partial charge in [0.15, 0.2) is 0 Å². The van der Waals surface area contributed by atoms with E-state index in [9.17, 15) is 19.5 Å². The average Bonchev–Trinajstić information content (AvgIpc) is 3.05. The predicted molar refractivity (Wildman–Crippen MR) is 78.3 cm³/mol. The van der Waals surface area contributed by atoms with Crippen molar-refractivity contribution in [1.29, 1.82) is 0 Å². The fourth-order valence-electron chi connectivity index (χ4n) is 3.05. The third-order valence-corrected chi connectivity index (χ3v) is 4.01. The molecule has 0 aromatic rings. The van der Waals surface area contributed by atoms with Crippen molar-refractivity contribution < 1.29 is 24.2 Å². The molecule has 1 N–H and O–H groups in total. The monoisotopic (exact) mass is 312 g/mol. The number of hydrogen-bond acceptors (Lipinski definition) is 4. The van der Waals surface area contributed by atoms with E-state index in [-0.39, 0.29) is 12.5 Å². The molecule has 2 aliphatic heterocycles. The van der Waals surface area contributed by atoms with Gasteiger partial charge in [0.2, 0.25) is 5.91 Å². The summed E-state index contributed by atoms with van der Waals surface area (Å²) in [4.78, 5) is 39.2. The van der Waals surface area contributed by atoms with Crippen LogP contribution in [0.15, 0.2) is 0 Å². The van der Waals surface area contributed by atoms with E-state index >= 15 is 0 Å². The van der Waals surface area contributed by atoms with E-state index in [0.29, 0.717) is 19.5 Å². The Morgan fingerprint density at radius 2 is 1.68 bits per heavy atom. The number of ether oxygens (including phenoxy) is 1. The largest absolute Gasteiger partial charge is 0.480 e. The first-order valence-corrected chi connectivity index (χ1v) is 7.72. The summed E-state index contributed by atoms with van der Waals surface area (Å²) >= 11 is 0. The molecule has 2 aliphatic rings. The molecule has 22 heavy (non-hydrogen) atoms. The molecule has 2 saturated heterocycles. The lowest BCUT2D eigenvalue weighted by molar-refractivity contribution is -0.148. The molecule has 0 aromatic carbocycles. The number of carboxylic acids is 1. The second-order valence-electron chi connectivity index (χ2n) is 6.88. The molecule has 0 saturated carbocycles. The molecular formula is C15H24N2O5. The number of carbonyl (C=O) groups is 3. The van der Waals surface area contributed by atoms with Crippen LogP contribution in [0.2, 0.25) is 0 Å². The maximum atomic E-state index is 12.5. The number of hydrogen-bond donors (Lipinski definition) is 1. The summed E-state index contributed by atoms with van der Waals surface area (Å²) in [6.45, 7) is 6.76. The van der Waals surface area contributed by atoms with Crippen LogP contribution in [0.25, 0.3) is 0 Å². The molecule has 124 valence electrons. The third-order valence-electron chi connectivity index (χ3n) is 4.01. The normalized spacial score (nSPS) is 25.4. The van der Waals surface area contributed by atoms with Gasteiger partial charge in [-0.05, 0) is 40.0 Å². The van der Waals surface area contributed by atoms with Crippen LogP contribution in [-0.4, -0.2) is 64.2 Å². The fourth-order valence-corrected chi connectivity index (χ4v) is 3.05. The van der Waals surface area contributed by atoms with Crippen molar-refractivity contribution in [1.82, 2.24) is 9.80 Å². The van der Waals surface area contributed by atoms with Gasteiger partial charge < -0.3 is 14.7 Å². The standard InChI is InChI=1S/C15H24N2O5/c1-15(2,3)22-14(21)17-9-6-10(11(17)13(19)20)12(18)16-7-4-5-8-16/h10-11H,4-9H2,1-3H3,(H,19,20)/t10-,11+/m1/s1. The van der Waals surface area contributed by atoms with Gasteiger partial charge in [-0.2, -0.15) is 0 Å². The maximum Gasteiger partial charge on any atom is 0.411 e. The SMILES string of the molecule is CC(C)(C)OC(=O)N1CC[C@@H](C(=O)N2CCCC2)[C@H]1C(=O)O. The number of nitrogens with zero attached hydrogens (tertiary/aromatic N) is 2. The number of carbonyl (C=O) groups excluding carboxylic acids is 2. The highest BCUT2D eigenvalue weighted by atomic mass is 16.6. The Bertz CT molecular complexity index is 465. The maximum absolute atomic E-state index is 12.5. The van der Waals surface area contributed by atoms with Crippen LogP contribution in [0.5, 0.6) is 0 Å². The molecule has 2 heterocycles. The highest BCUT2D eigenvalue weighted by Gasteiger charge is 2.48. The minimum atomic E-state index is -1.15. The first-order chi connectivity index (χ1) is 10.2. The molecule has 0 aliphatic carbocycles. The molecule has 0 spiro atoms. The predicted octanol–water partition coefficient (Wildman–Crippen LogP) is 1.32. The Kier molecular flexibility index (Phi) is 4.63. The van der Waals surface area contributed by atoms with Crippen molar-refractivity contribution in [3.8, 4) is 0 Å². The zero-order valence-corrected chi connectivity index (χ0v) is 13.4. The summed E-state index contributed by atoms with van der Waals surface area (Å²) in [5.74, 6) is -1.99. The van der Waals surface area contributed by atoms with Crippen LogP contribution < -0.4 is 0 Å². The molecule has 2 amide bonds. The molecular weight excluding hydrogens is 288 g/mol. The summed E-state index contributed by atoms with van der Waals surface area (Å²) in [7, 11) is 0. The lowest BCUT2D eigenvalue weighted by Gasteiger charge is -2.29. The molecule has 0 unspecified atom stereocenters. The summed E-state index contributed by atoms with van der Waals surface area (Å²) in [6.07, 6.45) is 1.60. The van der Waals surface area contributed by atoms with Gasteiger partial charge in [0.1, 0.15) is 11.6 Å². The Morgan fingerprint density at radius 1 is 1.09 bits per heavy atom. The van der Waals surface area contributed by atoms with Crippen LogP contribution in [-0.2, 0) is 14.3 Å². The zero-order chi connectivity index (χ0) is 16.5. The van der Waals surface area contributed by atoms with Crippen LogP contribution >= 0.6 is 0 Å². The molecule has 2 rings (SSSR count). The van der Waals surface area contributed by atoms with E-state index in [0.717, 1.165) is 12.8 Å². The van der Waals surface area contributed by atoms with Crippen molar-refractivity contribution in [3.63, 3.8) is 0 Å². The van der Waals surface area contributed by atoms with E-state index in [1.54, 1.807) is 25.7 Å². The van der Waals surface area contributed by atoms with Crippen molar-refractivity contribution in [2.45, 2.75) is 51.7 Å². The quantitative estimate of drug-likeness (QED) is 0.831.